The van der Waals surface area contributed by atoms with E-state index in [1.165, 1.54) is 27.8 Å². The third kappa shape index (κ3) is 3.88. The van der Waals surface area contributed by atoms with E-state index in [1.54, 1.807) is 0 Å². The molecule has 0 aliphatic carbocycles. The maximum atomic E-state index is 6.43. The second kappa shape index (κ2) is 7.84. The van der Waals surface area contributed by atoms with Crippen LogP contribution >= 0.6 is 0 Å². The summed E-state index contributed by atoms with van der Waals surface area (Å²) in [6, 6.07) is 31.6. The standard InChI is InChI=1S/C27H26N2/c1-18-8-14-25(28)23(16-18)27(24-17-19(2)9-15-26(24)29)22-12-10-21(11-13-22)20-6-4-3-5-7-20/h3-17,27H,28-29H2,1-2H3. The number of hydrogen-bond donors (Lipinski definition) is 2. The first-order valence-corrected chi connectivity index (χ1v) is 9.90. The van der Waals surface area contributed by atoms with E-state index >= 15 is 0 Å². The molecule has 0 amide bonds. The zero-order valence-corrected chi connectivity index (χ0v) is 16.9. The van der Waals surface area contributed by atoms with Crippen molar-refractivity contribution in [3.8, 4) is 11.1 Å². The number of hydrogen-bond acceptors (Lipinski definition) is 2. The lowest BCUT2D eigenvalue weighted by atomic mass is 9.82. The van der Waals surface area contributed by atoms with E-state index in [0.717, 1.165) is 22.5 Å². The summed E-state index contributed by atoms with van der Waals surface area (Å²) in [5, 5.41) is 0. The minimum atomic E-state index is -0.0142. The zero-order valence-electron chi connectivity index (χ0n) is 16.9. The van der Waals surface area contributed by atoms with E-state index in [9.17, 15) is 0 Å². The van der Waals surface area contributed by atoms with Crippen molar-refractivity contribution in [2.75, 3.05) is 11.5 Å². The molecule has 0 unspecified atom stereocenters. The predicted octanol–water partition coefficient (Wildman–Crippen LogP) is 6.32. The van der Waals surface area contributed by atoms with Gasteiger partial charge in [-0.1, -0.05) is 90.0 Å². The zero-order chi connectivity index (χ0) is 20.4. The van der Waals surface area contributed by atoms with E-state index in [2.05, 4.69) is 74.5 Å². The SMILES string of the molecule is Cc1ccc(N)c(C(c2ccc(-c3ccccc3)cc2)c2cc(C)ccc2N)c1. The number of anilines is 2. The number of aryl methyl sites for hydroxylation is 2. The van der Waals surface area contributed by atoms with Gasteiger partial charge in [0.05, 0.1) is 0 Å². The summed E-state index contributed by atoms with van der Waals surface area (Å²) in [5.41, 5.74) is 22.6. The highest BCUT2D eigenvalue weighted by molar-refractivity contribution is 5.66. The molecular weight excluding hydrogens is 352 g/mol. The molecule has 4 aromatic carbocycles. The number of nitrogens with two attached hydrogens (primary N) is 2. The van der Waals surface area contributed by atoms with Crippen molar-refractivity contribution in [2.24, 2.45) is 0 Å². The van der Waals surface area contributed by atoms with Gasteiger partial charge in [-0.05, 0) is 53.8 Å². The van der Waals surface area contributed by atoms with Crippen LogP contribution in [-0.2, 0) is 0 Å². The van der Waals surface area contributed by atoms with Crippen molar-refractivity contribution in [1.29, 1.82) is 0 Å². The highest BCUT2D eigenvalue weighted by Crippen LogP contribution is 2.39. The molecule has 0 aromatic heterocycles. The van der Waals surface area contributed by atoms with Crippen molar-refractivity contribution < 1.29 is 0 Å². The van der Waals surface area contributed by atoms with Crippen LogP contribution in [0.3, 0.4) is 0 Å². The fourth-order valence-electron chi connectivity index (χ4n) is 3.91. The quantitative estimate of drug-likeness (QED) is 0.323. The Morgan fingerprint density at radius 3 is 1.55 bits per heavy atom. The maximum Gasteiger partial charge on any atom is 0.0380 e. The van der Waals surface area contributed by atoms with Gasteiger partial charge in [0.2, 0.25) is 0 Å². The van der Waals surface area contributed by atoms with Gasteiger partial charge in [-0.2, -0.15) is 0 Å². The molecule has 2 nitrogen and oxygen atoms in total. The van der Waals surface area contributed by atoms with Crippen molar-refractivity contribution in [3.63, 3.8) is 0 Å². The molecule has 0 saturated carbocycles. The summed E-state index contributed by atoms with van der Waals surface area (Å²) in [4.78, 5) is 0. The Bertz CT molecular complexity index is 1080. The molecule has 0 radical (unpaired) electrons. The van der Waals surface area contributed by atoms with Crippen molar-refractivity contribution in [3.05, 3.63) is 119 Å². The summed E-state index contributed by atoms with van der Waals surface area (Å²) in [6.45, 7) is 4.19. The number of nitrogen functional groups attached to an aromatic ring is 2. The Labute approximate surface area is 172 Å². The summed E-state index contributed by atoms with van der Waals surface area (Å²) in [5.74, 6) is -0.0142. The lowest BCUT2D eigenvalue weighted by Crippen LogP contribution is -2.10. The highest BCUT2D eigenvalue weighted by Gasteiger charge is 2.22. The summed E-state index contributed by atoms with van der Waals surface area (Å²) in [7, 11) is 0. The number of benzene rings is 4. The Balaban J connectivity index is 1.87. The molecule has 2 heteroatoms. The maximum absolute atomic E-state index is 6.43. The van der Waals surface area contributed by atoms with E-state index in [-0.39, 0.29) is 5.92 Å². The average Bonchev–Trinajstić information content (AvgIpc) is 2.74. The fourth-order valence-corrected chi connectivity index (χ4v) is 3.91. The van der Waals surface area contributed by atoms with Gasteiger partial charge in [0, 0.05) is 17.3 Å². The number of rotatable bonds is 4. The van der Waals surface area contributed by atoms with Crippen LogP contribution in [0, 0.1) is 13.8 Å². The topological polar surface area (TPSA) is 52.0 Å². The summed E-state index contributed by atoms with van der Waals surface area (Å²) >= 11 is 0. The van der Waals surface area contributed by atoms with Crippen LogP contribution in [0.1, 0.15) is 33.7 Å². The first-order chi connectivity index (χ1) is 14.0. The van der Waals surface area contributed by atoms with Gasteiger partial charge >= 0.3 is 0 Å². The second-order valence-corrected chi connectivity index (χ2v) is 7.69. The third-order valence-electron chi connectivity index (χ3n) is 5.46. The monoisotopic (exact) mass is 378 g/mol. The van der Waals surface area contributed by atoms with Crippen LogP contribution in [0.15, 0.2) is 91.0 Å². The van der Waals surface area contributed by atoms with Gasteiger partial charge < -0.3 is 11.5 Å². The van der Waals surface area contributed by atoms with Gasteiger partial charge in [-0.25, -0.2) is 0 Å². The van der Waals surface area contributed by atoms with E-state index < -0.39 is 0 Å². The average molecular weight is 379 g/mol. The van der Waals surface area contributed by atoms with E-state index in [1.807, 2.05) is 30.3 Å². The van der Waals surface area contributed by atoms with Gasteiger partial charge in [0.1, 0.15) is 0 Å². The van der Waals surface area contributed by atoms with Gasteiger partial charge in [0.15, 0.2) is 0 Å². The van der Waals surface area contributed by atoms with Crippen LogP contribution in [0.5, 0.6) is 0 Å². The Kier molecular flexibility index (Phi) is 5.09. The third-order valence-corrected chi connectivity index (χ3v) is 5.46. The molecule has 0 aliphatic heterocycles. The Morgan fingerprint density at radius 1 is 0.552 bits per heavy atom. The molecule has 0 aliphatic rings. The Morgan fingerprint density at radius 2 is 1.03 bits per heavy atom. The summed E-state index contributed by atoms with van der Waals surface area (Å²) in [6.07, 6.45) is 0. The van der Waals surface area contributed by atoms with Crippen LogP contribution in [0.25, 0.3) is 11.1 Å². The van der Waals surface area contributed by atoms with Crippen LogP contribution in [-0.4, -0.2) is 0 Å². The minimum Gasteiger partial charge on any atom is -0.398 e. The van der Waals surface area contributed by atoms with Gasteiger partial charge in [0.25, 0.3) is 0 Å². The lowest BCUT2D eigenvalue weighted by molar-refractivity contribution is 0.978. The molecule has 0 saturated heterocycles. The molecule has 0 spiro atoms. The molecule has 4 aromatic rings. The fraction of sp³-hybridized carbons (Fsp3) is 0.111. The van der Waals surface area contributed by atoms with Gasteiger partial charge in [-0.15, -0.1) is 0 Å². The molecule has 0 atom stereocenters. The predicted molar refractivity (Wildman–Crippen MR) is 124 cm³/mol. The Hall–Kier alpha value is -3.52. The van der Waals surface area contributed by atoms with E-state index in [0.29, 0.717) is 0 Å². The van der Waals surface area contributed by atoms with Crippen molar-refractivity contribution >= 4 is 11.4 Å². The summed E-state index contributed by atoms with van der Waals surface area (Å²) < 4.78 is 0. The lowest BCUT2D eigenvalue weighted by Gasteiger charge is -2.23. The minimum absolute atomic E-state index is 0.0142. The highest BCUT2D eigenvalue weighted by atomic mass is 14.6. The first kappa shape index (κ1) is 18.8. The smallest absolute Gasteiger partial charge is 0.0380 e. The van der Waals surface area contributed by atoms with Crippen molar-refractivity contribution in [2.45, 2.75) is 19.8 Å². The molecule has 0 fully saturated rings. The second-order valence-electron chi connectivity index (χ2n) is 7.69. The molecule has 4 N–H and O–H groups in total. The van der Waals surface area contributed by atoms with Gasteiger partial charge in [-0.3, -0.25) is 0 Å². The van der Waals surface area contributed by atoms with E-state index in [4.69, 9.17) is 11.5 Å². The molecule has 144 valence electrons. The largest absolute Gasteiger partial charge is 0.398 e. The molecule has 4 rings (SSSR count). The molecule has 0 heterocycles. The van der Waals surface area contributed by atoms with Crippen LogP contribution in [0.2, 0.25) is 0 Å². The molecular formula is C27H26N2. The molecule has 0 bridgehead atoms. The molecule has 29 heavy (non-hydrogen) atoms. The van der Waals surface area contributed by atoms with Crippen LogP contribution in [0.4, 0.5) is 11.4 Å². The van der Waals surface area contributed by atoms with Crippen molar-refractivity contribution in [1.82, 2.24) is 0 Å². The normalized spacial score (nSPS) is 11.0. The first-order valence-electron chi connectivity index (χ1n) is 9.90. The van der Waals surface area contributed by atoms with Crippen LogP contribution < -0.4 is 11.5 Å².